The molecule has 4 aliphatic rings. The van der Waals surface area contributed by atoms with E-state index in [0.717, 1.165) is 29.9 Å². The second kappa shape index (κ2) is 5.15. The third-order valence-corrected chi connectivity index (χ3v) is 6.08. The van der Waals surface area contributed by atoms with Crippen molar-refractivity contribution >= 4 is 6.21 Å². The molecule has 112 valence electrons. The van der Waals surface area contributed by atoms with Crippen LogP contribution in [-0.2, 0) is 0 Å². The monoisotopic (exact) mass is 283 g/mol. The van der Waals surface area contributed by atoms with Crippen molar-refractivity contribution in [2.45, 2.75) is 44.9 Å². The van der Waals surface area contributed by atoms with Crippen molar-refractivity contribution in [1.82, 2.24) is 0 Å². The second-order valence-electron chi connectivity index (χ2n) is 7.79. The van der Waals surface area contributed by atoms with Crippen molar-refractivity contribution in [1.29, 1.82) is 0 Å². The lowest BCUT2D eigenvalue weighted by Crippen LogP contribution is -2.39. The van der Waals surface area contributed by atoms with Crippen LogP contribution in [0.25, 0.3) is 0 Å². The Kier molecular flexibility index (Phi) is 3.28. The van der Waals surface area contributed by atoms with Crippen LogP contribution in [0, 0.1) is 23.2 Å². The first-order valence-electron chi connectivity index (χ1n) is 8.50. The molecule has 4 saturated carbocycles. The molecule has 4 bridgehead atoms. The van der Waals surface area contributed by atoms with Gasteiger partial charge in [-0.05, 0) is 67.4 Å². The predicted molar refractivity (Wildman–Crippen MR) is 85.8 cm³/mol. The van der Waals surface area contributed by atoms with Gasteiger partial charge in [0, 0.05) is 18.3 Å². The van der Waals surface area contributed by atoms with Gasteiger partial charge in [-0.1, -0.05) is 25.0 Å². The highest BCUT2D eigenvalue weighted by Gasteiger charge is 2.48. The molecular weight excluding hydrogens is 258 g/mol. The standard InChI is InChI=1S/C19H25NO/c21-18-4-2-1-3-17(18)12-20-13-19-9-14-5-6-15(10-19)8-16(7-14)11-19/h1-4,12,14-16,21H,5-11,13H2. The Bertz CT molecular complexity index is 534. The highest BCUT2D eigenvalue weighted by Crippen LogP contribution is 2.57. The molecule has 2 atom stereocenters. The van der Waals surface area contributed by atoms with Crippen molar-refractivity contribution in [3.63, 3.8) is 0 Å². The van der Waals surface area contributed by atoms with Crippen molar-refractivity contribution in [3.05, 3.63) is 29.8 Å². The number of fused-ring (bicyclic) bond motifs is 1. The first kappa shape index (κ1) is 13.4. The van der Waals surface area contributed by atoms with Crippen LogP contribution in [0.2, 0.25) is 0 Å². The molecule has 0 aliphatic heterocycles. The third kappa shape index (κ3) is 2.61. The number of phenolic OH excluding ortho intramolecular Hbond substituents is 1. The van der Waals surface area contributed by atoms with Gasteiger partial charge in [0.2, 0.25) is 0 Å². The SMILES string of the molecule is Oc1ccccc1C=NCC12CC3CCC(CC(C3)C1)C2. The Labute approximate surface area is 127 Å². The normalized spacial score (nSPS) is 38.0. The van der Waals surface area contributed by atoms with E-state index >= 15 is 0 Å². The minimum absolute atomic E-state index is 0.337. The van der Waals surface area contributed by atoms with Gasteiger partial charge in [0.15, 0.2) is 0 Å². The number of hydrogen-bond acceptors (Lipinski definition) is 2. The molecule has 0 spiro atoms. The molecule has 1 aromatic rings. The number of aliphatic imine (C=N–C) groups is 1. The van der Waals surface area contributed by atoms with Crippen LogP contribution in [0.15, 0.2) is 29.3 Å². The zero-order valence-electron chi connectivity index (χ0n) is 12.7. The molecule has 21 heavy (non-hydrogen) atoms. The number of para-hydroxylation sites is 1. The number of phenols is 1. The summed E-state index contributed by atoms with van der Waals surface area (Å²) >= 11 is 0. The Morgan fingerprint density at radius 3 is 2.43 bits per heavy atom. The molecule has 0 aromatic heterocycles. The number of aromatic hydroxyl groups is 1. The van der Waals surface area contributed by atoms with E-state index in [0.29, 0.717) is 11.2 Å². The molecule has 2 heteroatoms. The summed E-state index contributed by atoms with van der Waals surface area (Å²) in [6.45, 7) is 0.963. The molecule has 2 nitrogen and oxygen atoms in total. The van der Waals surface area contributed by atoms with E-state index < -0.39 is 0 Å². The molecule has 2 unspecified atom stereocenters. The quantitative estimate of drug-likeness (QED) is 0.818. The van der Waals surface area contributed by atoms with Crippen LogP contribution in [0.1, 0.15) is 50.5 Å². The van der Waals surface area contributed by atoms with Crippen molar-refractivity contribution < 1.29 is 5.11 Å². The van der Waals surface area contributed by atoms with Crippen LogP contribution < -0.4 is 0 Å². The Morgan fingerprint density at radius 1 is 1.05 bits per heavy atom. The molecule has 1 aromatic carbocycles. The van der Waals surface area contributed by atoms with Crippen molar-refractivity contribution in [2.75, 3.05) is 6.54 Å². The van der Waals surface area contributed by atoms with Gasteiger partial charge in [0.05, 0.1) is 0 Å². The van der Waals surface area contributed by atoms with Gasteiger partial charge in [0.25, 0.3) is 0 Å². The van der Waals surface area contributed by atoms with E-state index in [1.165, 1.54) is 44.9 Å². The predicted octanol–water partition coefficient (Wildman–Crippen LogP) is 4.42. The Balaban J connectivity index is 1.50. The fourth-order valence-electron chi connectivity index (χ4n) is 5.50. The molecule has 5 rings (SSSR count). The smallest absolute Gasteiger partial charge is 0.124 e. The van der Waals surface area contributed by atoms with E-state index in [1.807, 2.05) is 24.4 Å². The van der Waals surface area contributed by atoms with E-state index in [-0.39, 0.29) is 0 Å². The molecule has 4 fully saturated rings. The fraction of sp³-hybridized carbons (Fsp3) is 0.632. The average Bonchev–Trinajstić information content (AvgIpc) is 2.67. The molecule has 4 aliphatic carbocycles. The molecule has 1 N–H and O–H groups in total. The topological polar surface area (TPSA) is 32.6 Å². The van der Waals surface area contributed by atoms with Gasteiger partial charge in [-0.2, -0.15) is 0 Å². The third-order valence-electron chi connectivity index (χ3n) is 6.08. The number of benzene rings is 1. The van der Waals surface area contributed by atoms with Crippen molar-refractivity contribution in [3.8, 4) is 5.75 Å². The van der Waals surface area contributed by atoms with Gasteiger partial charge in [-0.3, -0.25) is 4.99 Å². The molecular formula is C19H25NO. The molecule has 0 radical (unpaired) electrons. The maximum absolute atomic E-state index is 9.82. The summed E-state index contributed by atoms with van der Waals surface area (Å²) in [5, 5.41) is 9.82. The van der Waals surface area contributed by atoms with Gasteiger partial charge in [-0.15, -0.1) is 0 Å². The van der Waals surface area contributed by atoms with E-state index in [9.17, 15) is 5.11 Å². The maximum atomic E-state index is 9.82. The lowest BCUT2D eigenvalue weighted by molar-refractivity contribution is 0.0428. The van der Waals surface area contributed by atoms with Gasteiger partial charge in [-0.25, -0.2) is 0 Å². The molecule has 0 amide bonds. The first-order chi connectivity index (χ1) is 10.2. The highest BCUT2D eigenvalue weighted by molar-refractivity contribution is 5.83. The van der Waals surface area contributed by atoms with Crippen molar-refractivity contribution in [2.24, 2.45) is 28.2 Å². The number of rotatable bonds is 3. The van der Waals surface area contributed by atoms with Crippen LogP contribution in [0.5, 0.6) is 5.75 Å². The summed E-state index contributed by atoms with van der Waals surface area (Å²) in [5.41, 5.74) is 1.33. The first-order valence-corrected chi connectivity index (χ1v) is 8.50. The minimum Gasteiger partial charge on any atom is -0.507 e. The van der Waals surface area contributed by atoms with Crippen LogP contribution in [0.3, 0.4) is 0 Å². The Morgan fingerprint density at radius 2 is 1.71 bits per heavy atom. The average molecular weight is 283 g/mol. The molecule has 0 heterocycles. The van der Waals surface area contributed by atoms with E-state index in [1.54, 1.807) is 6.07 Å². The lowest BCUT2D eigenvalue weighted by atomic mass is 9.58. The number of hydrogen-bond donors (Lipinski definition) is 1. The van der Waals surface area contributed by atoms with Crippen LogP contribution in [0.4, 0.5) is 0 Å². The summed E-state index contributed by atoms with van der Waals surface area (Å²) in [4.78, 5) is 4.75. The Hall–Kier alpha value is -1.31. The summed E-state index contributed by atoms with van der Waals surface area (Å²) in [6, 6.07) is 7.48. The largest absolute Gasteiger partial charge is 0.507 e. The summed E-state index contributed by atoms with van der Waals surface area (Å²) in [5.74, 6) is 3.25. The zero-order valence-corrected chi connectivity index (χ0v) is 12.7. The summed E-state index contributed by atoms with van der Waals surface area (Å²) < 4.78 is 0. The summed E-state index contributed by atoms with van der Waals surface area (Å²) in [6.07, 6.45) is 12.0. The van der Waals surface area contributed by atoms with Gasteiger partial charge < -0.3 is 5.11 Å². The summed E-state index contributed by atoms with van der Waals surface area (Å²) in [7, 11) is 0. The lowest BCUT2D eigenvalue weighted by Gasteiger charge is -2.47. The molecule has 0 saturated heterocycles. The fourth-order valence-corrected chi connectivity index (χ4v) is 5.50. The minimum atomic E-state index is 0.337. The van der Waals surface area contributed by atoms with Crippen LogP contribution >= 0.6 is 0 Å². The van der Waals surface area contributed by atoms with Gasteiger partial charge in [0.1, 0.15) is 5.75 Å². The van der Waals surface area contributed by atoms with Crippen LogP contribution in [-0.4, -0.2) is 17.9 Å². The number of nitrogens with zero attached hydrogens (tertiary/aromatic N) is 1. The zero-order chi connectivity index (χ0) is 14.3. The second-order valence-corrected chi connectivity index (χ2v) is 7.79. The van der Waals surface area contributed by atoms with E-state index in [2.05, 4.69) is 0 Å². The maximum Gasteiger partial charge on any atom is 0.124 e. The van der Waals surface area contributed by atoms with Gasteiger partial charge >= 0.3 is 0 Å². The highest BCUT2D eigenvalue weighted by atomic mass is 16.3. The van der Waals surface area contributed by atoms with E-state index in [4.69, 9.17) is 4.99 Å².